The van der Waals surface area contributed by atoms with Gasteiger partial charge in [0, 0.05) is 19.5 Å². The van der Waals surface area contributed by atoms with E-state index in [9.17, 15) is 4.79 Å². The summed E-state index contributed by atoms with van der Waals surface area (Å²) in [6, 6.07) is 0. The number of carbonyl (C=O) groups is 1. The molecule has 0 saturated heterocycles. The summed E-state index contributed by atoms with van der Waals surface area (Å²) in [5, 5.41) is 7.90. The van der Waals surface area contributed by atoms with Gasteiger partial charge in [-0.15, -0.1) is 0 Å². The quantitative estimate of drug-likeness (QED) is 0.579. The number of hydrogen-bond acceptors (Lipinski definition) is 1. The van der Waals surface area contributed by atoms with E-state index < -0.39 is 9.71 Å². The zero-order valence-electron chi connectivity index (χ0n) is 3.40. The molecule has 7 heavy (non-hydrogen) atoms. The van der Waals surface area contributed by atoms with Crippen LogP contribution in [-0.4, -0.2) is 14.8 Å². The maximum absolute atomic E-state index is 9.61. The zero-order chi connectivity index (χ0) is 5.15. The monoisotopic (exact) mass is 280 g/mol. The molecule has 2 nitrogen and oxygen atoms in total. The summed E-state index contributed by atoms with van der Waals surface area (Å²) in [5.41, 5.74) is 0. The number of carboxylic acids is 1. The molecule has 0 fully saturated rings. The molecule has 0 heterocycles. The van der Waals surface area contributed by atoms with Crippen LogP contribution in [0.4, 0.5) is 0 Å². The summed E-state index contributed by atoms with van der Waals surface area (Å²) >= 11 is 5.51. The minimum atomic E-state index is -0.907. The normalized spacial score (nSPS) is 7.86. The van der Waals surface area contributed by atoms with Crippen molar-refractivity contribution in [3.8, 4) is 0 Å². The fourth-order valence-corrected chi connectivity index (χ4v) is 0. The Kier molecular flexibility index (Phi) is 8.11. The van der Waals surface area contributed by atoms with E-state index in [4.69, 9.17) is 5.11 Å². The summed E-state index contributed by atoms with van der Waals surface area (Å²) < 4.78 is -0.606. The van der Waals surface area contributed by atoms with Crippen LogP contribution >= 0.6 is 31.9 Å². The van der Waals surface area contributed by atoms with E-state index in [0.29, 0.717) is 0 Å². The second-order valence-electron chi connectivity index (χ2n) is 0.639. The van der Waals surface area contributed by atoms with Crippen molar-refractivity contribution in [3.05, 3.63) is 0 Å². The number of rotatable bonds is 1. The van der Waals surface area contributed by atoms with Gasteiger partial charge >= 0.3 is 5.97 Å². The van der Waals surface area contributed by atoms with Gasteiger partial charge < -0.3 is 5.11 Å². The molecule has 0 aromatic heterocycles. The molecule has 0 aromatic rings. The third kappa shape index (κ3) is 7.05. The fourth-order valence-electron chi connectivity index (χ4n) is 0. The van der Waals surface area contributed by atoms with E-state index >= 15 is 0 Å². The topological polar surface area (TPSA) is 37.3 Å². The van der Waals surface area contributed by atoms with E-state index in [1.807, 2.05) is 0 Å². The standard InChI is InChI=1S/C2H2Br2O2.Zn/c3-1(4)2(5)6;/h1H,(H,5,6);. The van der Waals surface area contributed by atoms with Crippen LogP contribution in [0.25, 0.3) is 0 Å². The molecule has 0 radical (unpaired) electrons. The third-order valence-corrected chi connectivity index (χ3v) is 0.970. The first-order chi connectivity index (χ1) is 2.64. The number of aliphatic carboxylic acids is 1. The first-order valence-corrected chi connectivity index (χ1v) is 2.98. The molecular weight excluding hydrogens is 281 g/mol. The van der Waals surface area contributed by atoms with E-state index in [1.54, 1.807) is 0 Å². The van der Waals surface area contributed by atoms with Crippen molar-refractivity contribution in [2.45, 2.75) is 3.74 Å². The molecule has 0 amide bonds. The van der Waals surface area contributed by atoms with Crippen molar-refractivity contribution < 1.29 is 29.4 Å². The first-order valence-electron chi connectivity index (χ1n) is 1.15. The van der Waals surface area contributed by atoms with Crippen molar-refractivity contribution in [1.82, 2.24) is 0 Å². The summed E-state index contributed by atoms with van der Waals surface area (Å²) in [6.45, 7) is 0. The maximum Gasteiger partial charge on any atom is 0.328 e. The summed E-state index contributed by atoms with van der Waals surface area (Å²) in [6.07, 6.45) is 0. The Morgan fingerprint density at radius 2 is 1.71 bits per heavy atom. The van der Waals surface area contributed by atoms with E-state index in [2.05, 4.69) is 31.9 Å². The van der Waals surface area contributed by atoms with Gasteiger partial charge in [0.1, 0.15) is 0 Å². The molecule has 0 aliphatic heterocycles. The predicted molar refractivity (Wildman–Crippen MR) is 29.3 cm³/mol. The van der Waals surface area contributed by atoms with E-state index in [0.717, 1.165) is 0 Å². The summed E-state index contributed by atoms with van der Waals surface area (Å²) in [5.74, 6) is -0.907. The van der Waals surface area contributed by atoms with Gasteiger partial charge in [-0.1, -0.05) is 31.9 Å². The SMILES string of the molecule is O=C(O)C(Br)Br.[Zn]. The molecule has 0 atom stereocenters. The number of halogens is 2. The predicted octanol–water partition coefficient (Wildman–Crippen LogP) is 1.18. The van der Waals surface area contributed by atoms with Gasteiger partial charge in [-0.3, -0.25) is 4.79 Å². The molecule has 5 heteroatoms. The number of alkyl halides is 2. The molecule has 0 saturated carbocycles. The second kappa shape index (κ2) is 5.20. The Morgan fingerprint density at radius 3 is 1.71 bits per heavy atom. The molecule has 38 valence electrons. The smallest absolute Gasteiger partial charge is 0.328 e. The fraction of sp³-hybridized carbons (Fsp3) is 0.500. The molecule has 0 unspecified atom stereocenters. The molecular formula is C2H2Br2O2Zn. The molecule has 0 aliphatic rings. The van der Waals surface area contributed by atoms with Crippen molar-refractivity contribution in [1.29, 1.82) is 0 Å². The van der Waals surface area contributed by atoms with Crippen molar-refractivity contribution >= 4 is 37.8 Å². The molecule has 0 aliphatic carbocycles. The van der Waals surface area contributed by atoms with Crippen LogP contribution in [-0.2, 0) is 24.3 Å². The van der Waals surface area contributed by atoms with Gasteiger partial charge in [-0.2, -0.15) is 0 Å². The van der Waals surface area contributed by atoms with Gasteiger partial charge in [-0.05, 0) is 0 Å². The molecule has 0 spiro atoms. The number of carboxylic acid groups (broad SMARTS) is 1. The van der Waals surface area contributed by atoms with Gasteiger partial charge in [0.15, 0.2) is 3.74 Å². The molecule has 0 aromatic carbocycles. The van der Waals surface area contributed by atoms with Gasteiger partial charge in [0.2, 0.25) is 0 Å². The molecule has 0 bridgehead atoms. The van der Waals surface area contributed by atoms with E-state index in [1.165, 1.54) is 0 Å². The van der Waals surface area contributed by atoms with Crippen molar-refractivity contribution in [2.75, 3.05) is 0 Å². The van der Waals surface area contributed by atoms with Gasteiger partial charge in [-0.25, -0.2) is 0 Å². The van der Waals surface area contributed by atoms with Crippen LogP contribution in [0.15, 0.2) is 0 Å². The first kappa shape index (κ1) is 10.9. The third-order valence-electron chi connectivity index (χ3n) is 0.187. The molecule has 0 rings (SSSR count). The Balaban J connectivity index is 0. The number of hydrogen-bond donors (Lipinski definition) is 1. The minimum absolute atomic E-state index is 0. The van der Waals surface area contributed by atoms with Crippen LogP contribution in [0.1, 0.15) is 0 Å². The van der Waals surface area contributed by atoms with E-state index in [-0.39, 0.29) is 19.5 Å². The Morgan fingerprint density at radius 1 is 1.57 bits per heavy atom. The largest absolute Gasteiger partial charge is 0.480 e. The Hall–Kier alpha value is 1.05. The summed E-state index contributed by atoms with van der Waals surface area (Å²) in [7, 11) is 0. The van der Waals surface area contributed by atoms with Gasteiger partial charge in [0.25, 0.3) is 0 Å². The Bertz CT molecular complexity index is 64.7. The van der Waals surface area contributed by atoms with Crippen LogP contribution in [0.3, 0.4) is 0 Å². The van der Waals surface area contributed by atoms with Crippen molar-refractivity contribution in [2.24, 2.45) is 0 Å². The van der Waals surface area contributed by atoms with Crippen LogP contribution in [0, 0.1) is 0 Å². The van der Waals surface area contributed by atoms with Crippen LogP contribution in [0.5, 0.6) is 0 Å². The second-order valence-corrected chi connectivity index (χ2v) is 3.70. The molecule has 1 N–H and O–H groups in total. The average Bonchev–Trinajstić information content (AvgIpc) is 1.36. The van der Waals surface area contributed by atoms with Crippen LogP contribution < -0.4 is 0 Å². The van der Waals surface area contributed by atoms with Gasteiger partial charge in [0.05, 0.1) is 0 Å². The summed E-state index contributed by atoms with van der Waals surface area (Å²) in [4.78, 5) is 9.61. The average molecular weight is 283 g/mol. The van der Waals surface area contributed by atoms with Crippen LogP contribution in [0.2, 0.25) is 0 Å². The minimum Gasteiger partial charge on any atom is -0.480 e. The maximum atomic E-state index is 9.61. The van der Waals surface area contributed by atoms with Crippen molar-refractivity contribution in [3.63, 3.8) is 0 Å². The zero-order valence-corrected chi connectivity index (χ0v) is 9.53. The Labute approximate surface area is 70.7 Å².